The summed E-state index contributed by atoms with van der Waals surface area (Å²) in [5.41, 5.74) is 0.771. The number of nitrogens with one attached hydrogen (secondary N) is 1. The minimum atomic E-state index is -1.68. The van der Waals surface area contributed by atoms with Crippen LogP contribution in [0.2, 0.25) is 0 Å². The molecule has 0 saturated heterocycles. The van der Waals surface area contributed by atoms with Gasteiger partial charge in [0, 0.05) is 23.8 Å². The Bertz CT molecular complexity index is 918. The lowest BCUT2D eigenvalue weighted by atomic mass is 9.94. The Kier molecular flexibility index (Phi) is 6.80. The number of hydrogen-bond donors (Lipinski definition) is 1. The number of non-ortho nitro benzene ring substituents is 1. The van der Waals surface area contributed by atoms with Gasteiger partial charge in [-0.2, -0.15) is 4.40 Å². The van der Waals surface area contributed by atoms with Crippen molar-refractivity contribution in [2.24, 2.45) is 9.81 Å². The summed E-state index contributed by atoms with van der Waals surface area (Å²) in [6, 6.07) is 12.6. The fourth-order valence-corrected chi connectivity index (χ4v) is 3.31. The molecule has 0 fully saturated rings. The monoisotopic (exact) mass is 401 g/mol. The summed E-state index contributed by atoms with van der Waals surface area (Å²) in [7, 11) is -1.68. The summed E-state index contributed by atoms with van der Waals surface area (Å²) in [5.74, 6) is -0.102. The van der Waals surface area contributed by atoms with Crippen LogP contribution in [0.4, 0.5) is 5.69 Å². The van der Waals surface area contributed by atoms with Crippen LogP contribution in [0.25, 0.3) is 0 Å². The predicted molar refractivity (Wildman–Crippen MR) is 110 cm³/mol. The molecule has 7 nitrogen and oxygen atoms in total. The summed E-state index contributed by atoms with van der Waals surface area (Å²) in [6.07, 6.45) is 1.41. The molecule has 0 aliphatic rings. The van der Waals surface area contributed by atoms with E-state index in [4.69, 9.17) is 0 Å². The third-order valence-corrected chi connectivity index (χ3v) is 5.05. The second-order valence-electron chi connectivity index (χ2n) is 7.32. The lowest BCUT2D eigenvalue weighted by Crippen LogP contribution is -2.36. The van der Waals surface area contributed by atoms with E-state index in [2.05, 4.69) is 9.71 Å². The van der Waals surface area contributed by atoms with Gasteiger partial charge in [-0.1, -0.05) is 39.0 Å². The predicted octanol–water partition coefficient (Wildman–Crippen LogP) is 3.96. The molecule has 8 heteroatoms. The number of hydrogen-bond acceptors (Lipinski definition) is 4. The molecule has 0 spiro atoms. The van der Waals surface area contributed by atoms with Crippen molar-refractivity contribution in [2.75, 3.05) is 0 Å². The van der Waals surface area contributed by atoms with Crippen molar-refractivity contribution < 1.29 is 13.9 Å². The van der Waals surface area contributed by atoms with Crippen molar-refractivity contribution >= 4 is 28.8 Å². The molecule has 2 atom stereocenters. The van der Waals surface area contributed by atoms with E-state index in [0.717, 1.165) is 5.56 Å². The van der Waals surface area contributed by atoms with E-state index in [1.54, 1.807) is 12.1 Å². The van der Waals surface area contributed by atoms with Gasteiger partial charge in [-0.15, -0.1) is 0 Å². The first-order valence-corrected chi connectivity index (χ1v) is 9.80. The van der Waals surface area contributed by atoms with E-state index in [1.807, 2.05) is 39.8 Å². The Balaban J connectivity index is 2.20. The van der Waals surface area contributed by atoms with Gasteiger partial charge < -0.3 is 5.32 Å². The van der Waals surface area contributed by atoms with Crippen LogP contribution in [0.1, 0.15) is 44.9 Å². The second kappa shape index (κ2) is 8.88. The van der Waals surface area contributed by atoms with Gasteiger partial charge in [0.1, 0.15) is 0 Å². The number of rotatable bonds is 6. The van der Waals surface area contributed by atoms with Gasteiger partial charge in [0.25, 0.3) is 5.69 Å². The van der Waals surface area contributed by atoms with E-state index < -0.39 is 21.3 Å². The molecule has 2 rings (SSSR count). The van der Waals surface area contributed by atoms with Crippen LogP contribution in [0.5, 0.6) is 0 Å². The average molecular weight is 401 g/mol. The molecule has 0 bridgehead atoms. The first-order valence-electron chi connectivity index (χ1n) is 8.70. The summed E-state index contributed by atoms with van der Waals surface area (Å²) in [6.45, 7) is 7.31. The second-order valence-corrected chi connectivity index (χ2v) is 8.46. The molecule has 1 amide bonds. The number of nitro benzene ring substituents is 1. The SMILES string of the molecule is C[C@@H](NC(=O)C(C)(C)C)c1ccccc1[S@@](=O)/N=C/c1ccc([N+](=O)[O-])cc1. The number of nitrogens with zero attached hydrogens (tertiary/aromatic N) is 2. The molecule has 2 aromatic rings. The summed E-state index contributed by atoms with van der Waals surface area (Å²) >= 11 is 0. The standard InChI is InChI=1S/C20H23N3O4S/c1-14(22-19(24)20(2,3)4)17-7-5-6-8-18(17)28(27)21-13-15-9-11-16(12-10-15)23(25)26/h5-14H,1-4H3,(H,22,24)/b21-13+/t14-,28-/m1/s1. The van der Waals surface area contributed by atoms with E-state index in [9.17, 15) is 19.1 Å². The molecule has 2 aromatic carbocycles. The number of amides is 1. The third-order valence-electron chi connectivity index (χ3n) is 4.00. The van der Waals surface area contributed by atoms with Crippen LogP contribution in [0.15, 0.2) is 57.8 Å². The highest BCUT2D eigenvalue weighted by molar-refractivity contribution is 7.84. The zero-order valence-corrected chi connectivity index (χ0v) is 17.0. The fourth-order valence-electron chi connectivity index (χ4n) is 2.34. The lowest BCUT2D eigenvalue weighted by molar-refractivity contribution is -0.384. The van der Waals surface area contributed by atoms with E-state index in [-0.39, 0.29) is 17.6 Å². The molecule has 0 aliphatic heterocycles. The van der Waals surface area contributed by atoms with Gasteiger partial charge in [0.05, 0.1) is 15.9 Å². The summed E-state index contributed by atoms with van der Waals surface area (Å²) < 4.78 is 16.8. The Morgan fingerprint density at radius 1 is 1.18 bits per heavy atom. The fraction of sp³-hybridized carbons (Fsp3) is 0.300. The van der Waals surface area contributed by atoms with E-state index in [1.165, 1.54) is 30.5 Å². The van der Waals surface area contributed by atoms with Crippen LogP contribution in [0, 0.1) is 15.5 Å². The van der Waals surface area contributed by atoms with Crippen molar-refractivity contribution in [1.82, 2.24) is 5.32 Å². The smallest absolute Gasteiger partial charge is 0.269 e. The minimum Gasteiger partial charge on any atom is -0.349 e. The first-order chi connectivity index (χ1) is 13.1. The third kappa shape index (κ3) is 5.56. The molecular weight excluding hydrogens is 378 g/mol. The molecule has 0 unspecified atom stereocenters. The van der Waals surface area contributed by atoms with Crippen molar-refractivity contribution in [3.63, 3.8) is 0 Å². The maximum atomic E-state index is 12.7. The molecular formula is C20H23N3O4S. The number of carbonyl (C=O) groups excluding carboxylic acids is 1. The quantitative estimate of drug-likeness (QED) is 0.450. The molecule has 28 heavy (non-hydrogen) atoms. The zero-order valence-electron chi connectivity index (χ0n) is 16.2. The number of benzene rings is 2. The Morgan fingerprint density at radius 3 is 2.36 bits per heavy atom. The lowest BCUT2D eigenvalue weighted by Gasteiger charge is -2.23. The van der Waals surface area contributed by atoms with Crippen molar-refractivity contribution in [2.45, 2.75) is 38.6 Å². The maximum Gasteiger partial charge on any atom is 0.269 e. The first kappa shape index (κ1) is 21.4. The molecule has 148 valence electrons. The number of carbonyl (C=O) groups is 1. The normalized spacial score (nSPS) is 13.9. The highest BCUT2D eigenvalue weighted by Gasteiger charge is 2.24. The Labute approximate surface area is 166 Å². The van der Waals surface area contributed by atoms with Crippen molar-refractivity contribution in [1.29, 1.82) is 0 Å². The largest absolute Gasteiger partial charge is 0.349 e. The van der Waals surface area contributed by atoms with Crippen molar-refractivity contribution in [3.05, 3.63) is 69.8 Å². The number of nitro groups is 1. The van der Waals surface area contributed by atoms with Gasteiger partial charge in [0.2, 0.25) is 5.91 Å². The molecule has 0 heterocycles. The minimum absolute atomic E-state index is 0.0213. The van der Waals surface area contributed by atoms with Crippen LogP contribution in [-0.2, 0) is 15.8 Å². The molecule has 0 radical (unpaired) electrons. The van der Waals surface area contributed by atoms with Crippen LogP contribution in [0.3, 0.4) is 0 Å². The van der Waals surface area contributed by atoms with E-state index in [0.29, 0.717) is 10.5 Å². The summed E-state index contributed by atoms with van der Waals surface area (Å²) in [5, 5.41) is 13.6. The Morgan fingerprint density at radius 2 is 1.79 bits per heavy atom. The zero-order chi connectivity index (χ0) is 20.9. The van der Waals surface area contributed by atoms with Gasteiger partial charge in [-0.3, -0.25) is 14.9 Å². The van der Waals surface area contributed by atoms with E-state index >= 15 is 0 Å². The topological polar surface area (TPSA) is 102 Å². The highest BCUT2D eigenvalue weighted by Crippen LogP contribution is 2.23. The van der Waals surface area contributed by atoms with Gasteiger partial charge in [0.15, 0.2) is 11.0 Å². The van der Waals surface area contributed by atoms with Gasteiger partial charge >= 0.3 is 0 Å². The maximum absolute atomic E-state index is 12.7. The van der Waals surface area contributed by atoms with Crippen molar-refractivity contribution in [3.8, 4) is 0 Å². The molecule has 0 saturated carbocycles. The Hall–Kier alpha value is -2.87. The van der Waals surface area contributed by atoms with Crippen LogP contribution >= 0.6 is 0 Å². The highest BCUT2D eigenvalue weighted by atomic mass is 32.2. The molecule has 0 aliphatic carbocycles. The van der Waals surface area contributed by atoms with Crippen LogP contribution < -0.4 is 5.32 Å². The molecule has 1 N–H and O–H groups in total. The average Bonchev–Trinajstić information content (AvgIpc) is 2.65. The van der Waals surface area contributed by atoms with Gasteiger partial charge in [-0.05, 0) is 36.2 Å². The summed E-state index contributed by atoms with van der Waals surface area (Å²) in [4.78, 5) is 23.0. The van der Waals surface area contributed by atoms with Crippen LogP contribution in [-0.4, -0.2) is 21.3 Å². The van der Waals surface area contributed by atoms with Gasteiger partial charge in [-0.25, -0.2) is 4.21 Å². The molecule has 0 aromatic heterocycles.